The second-order valence-corrected chi connectivity index (χ2v) is 10.4. The van der Waals surface area contributed by atoms with Crippen LogP contribution in [0.2, 0.25) is 5.02 Å². The number of nitrogens with zero attached hydrogens (tertiary/aromatic N) is 1. The number of pyridine rings is 1. The summed E-state index contributed by atoms with van der Waals surface area (Å²) in [5.41, 5.74) is 1.13. The zero-order valence-corrected chi connectivity index (χ0v) is 24.0. The molecule has 4 aromatic rings. The predicted molar refractivity (Wildman–Crippen MR) is 158 cm³/mol. The van der Waals surface area contributed by atoms with Crippen LogP contribution in [0.15, 0.2) is 60.8 Å². The third-order valence-corrected chi connectivity index (χ3v) is 7.26. The minimum atomic E-state index is -1.01. The number of anilines is 1. The first-order valence-corrected chi connectivity index (χ1v) is 14.0. The number of methoxy groups -OCH3 is 1. The molecule has 1 aromatic heterocycles. The predicted octanol–water partition coefficient (Wildman–Crippen LogP) is 5.60. The van der Waals surface area contributed by atoms with Gasteiger partial charge in [-0.1, -0.05) is 17.7 Å². The van der Waals surface area contributed by atoms with Gasteiger partial charge in [-0.25, -0.2) is 8.78 Å². The second-order valence-electron chi connectivity index (χ2n) is 9.97. The number of aromatic nitrogens is 1. The van der Waals surface area contributed by atoms with Crippen molar-refractivity contribution in [1.82, 2.24) is 15.6 Å². The highest BCUT2D eigenvalue weighted by molar-refractivity contribution is 6.39. The lowest BCUT2D eigenvalue weighted by Crippen LogP contribution is -2.35. The molecule has 0 bridgehead atoms. The summed E-state index contributed by atoms with van der Waals surface area (Å²) >= 11 is 5.73. The lowest BCUT2D eigenvalue weighted by molar-refractivity contribution is -0.136. The fraction of sp³-hybridized carbons (Fsp3) is 0.258. The summed E-state index contributed by atoms with van der Waals surface area (Å²) in [4.78, 5) is 28.9. The molecule has 12 heteroatoms. The zero-order valence-electron chi connectivity index (χ0n) is 23.2. The van der Waals surface area contributed by atoms with Crippen molar-refractivity contribution in [3.8, 4) is 23.0 Å². The smallest absolute Gasteiger partial charge is 0.313 e. The molecule has 1 saturated heterocycles. The highest BCUT2D eigenvalue weighted by atomic mass is 35.5. The number of nitrogens with one attached hydrogen (secondary N) is 3. The molecule has 0 aliphatic carbocycles. The molecule has 224 valence electrons. The average molecular weight is 611 g/mol. The van der Waals surface area contributed by atoms with Crippen LogP contribution in [0.25, 0.3) is 10.9 Å². The molecular formula is C31H29ClF2N4O5. The van der Waals surface area contributed by atoms with Crippen LogP contribution >= 0.6 is 11.6 Å². The van der Waals surface area contributed by atoms with Gasteiger partial charge in [-0.3, -0.25) is 14.6 Å². The quantitative estimate of drug-likeness (QED) is 0.212. The number of hydrogen-bond acceptors (Lipinski definition) is 7. The van der Waals surface area contributed by atoms with Gasteiger partial charge in [0.1, 0.15) is 11.6 Å². The van der Waals surface area contributed by atoms with Gasteiger partial charge >= 0.3 is 11.8 Å². The Bertz CT molecular complexity index is 1650. The zero-order chi connectivity index (χ0) is 30.3. The Morgan fingerprint density at radius 1 is 0.953 bits per heavy atom. The van der Waals surface area contributed by atoms with Crippen molar-refractivity contribution in [3.63, 3.8) is 0 Å². The van der Waals surface area contributed by atoms with Crippen LogP contribution in [0.3, 0.4) is 0 Å². The van der Waals surface area contributed by atoms with Crippen LogP contribution in [0, 0.1) is 17.6 Å². The highest BCUT2D eigenvalue weighted by Gasteiger charge is 2.18. The third kappa shape index (κ3) is 7.49. The van der Waals surface area contributed by atoms with E-state index in [2.05, 4.69) is 20.9 Å². The molecule has 5 rings (SSSR count). The van der Waals surface area contributed by atoms with Gasteiger partial charge < -0.3 is 30.2 Å². The molecular weight excluding hydrogens is 582 g/mol. The van der Waals surface area contributed by atoms with Crippen LogP contribution in [0.5, 0.6) is 23.0 Å². The molecule has 2 amide bonds. The first-order chi connectivity index (χ1) is 20.8. The minimum absolute atomic E-state index is 0.0478. The van der Waals surface area contributed by atoms with Gasteiger partial charge in [-0.05, 0) is 73.8 Å². The van der Waals surface area contributed by atoms with E-state index in [4.69, 9.17) is 25.8 Å². The summed E-state index contributed by atoms with van der Waals surface area (Å²) in [7, 11) is 1.54. The Morgan fingerprint density at radius 2 is 1.77 bits per heavy atom. The first-order valence-electron chi connectivity index (χ1n) is 13.6. The summed E-state index contributed by atoms with van der Waals surface area (Å²) < 4.78 is 45.9. The molecule has 43 heavy (non-hydrogen) atoms. The van der Waals surface area contributed by atoms with Gasteiger partial charge in [-0.15, -0.1) is 0 Å². The monoisotopic (exact) mass is 610 g/mol. The number of carbonyl (C=O) groups is 2. The maximum absolute atomic E-state index is 15.0. The topological polar surface area (TPSA) is 111 Å². The van der Waals surface area contributed by atoms with E-state index in [9.17, 15) is 14.0 Å². The molecule has 1 fully saturated rings. The van der Waals surface area contributed by atoms with Gasteiger partial charge in [0.25, 0.3) is 0 Å². The van der Waals surface area contributed by atoms with Crippen molar-refractivity contribution in [2.45, 2.75) is 19.4 Å². The largest absolute Gasteiger partial charge is 0.493 e. The Hall–Kier alpha value is -4.48. The van der Waals surface area contributed by atoms with Crippen molar-refractivity contribution >= 4 is 40.0 Å². The van der Waals surface area contributed by atoms with Crippen LogP contribution in [0.1, 0.15) is 18.4 Å². The average Bonchev–Trinajstić information content (AvgIpc) is 3.01. The molecule has 3 N–H and O–H groups in total. The van der Waals surface area contributed by atoms with Crippen molar-refractivity contribution < 1.29 is 32.6 Å². The normalized spacial score (nSPS) is 13.4. The van der Waals surface area contributed by atoms with E-state index in [1.807, 2.05) is 0 Å². The standard InChI is InChI=1S/C31H29ClF2N4O5/c1-41-28-14-21-25(15-29(28)42-17-18-6-9-35-10-7-18)36-11-8-26(21)43-27-5-3-20(13-24(27)34)38-31(40)30(39)37-16-19-2-4-23(33)22(32)12-19/h2-5,8,11-15,18,35H,6-7,9-10,16-17H2,1H3,(H,37,39)(H,38,40). The molecule has 0 spiro atoms. The van der Waals surface area contributed by atoms with E-state index in [-0.39, 0.29) is 23.0 Å². The maximum Gasteiger partial charge on any atom is 0.313 e. The van der Waals surface area contributed by atoms with Gasteiger partial charge in [-0.2, -0.15) is 0 Å². The van der Waals surface area contributed by atoms with E-state index in [0.717, 1.165) is 38.1 Å². The lowest BCUT2D eigenvalue weighted by atomic mass is 9.99. The number of ether oxygens (including phenoxy) is 3. The van der Waals surface area contributed by atoms with Crippen LogP contribution in [-0.4, -0.2) is 43.6 Å². The SMILES string of the molecule is COc1cc2c(Oc3ccc(NC(=O)C(=O)NCc4ccc(F)c(Cl)c4)cc3F)ccnc2cc1OCC1CCNCC1. The Morgan fingerprint density at radius 3 is 2.51 bits per heavy atom. The Kier molecular flexibility index (Phi) is 9.53. The summed E-state index contributed by atoms with van der Waals surface area (Å²) in [6, 6.07) is 12.8. The summed E-state index contributed by atoms with van der Waals surface area (Å²) in [5.74, 6) is -1.58. The number of amides is 2. The summed E-state index contributed by atoms with van der Waals surface area (Å²) in [5, 5.41) is 8.57. The number of rotatable bonds is 9. The van der Waals surface area contributed by atoms with Crippen molar-refractivity contribution in [2.24, 2.45) is 5.92 Å². The van der Waals surface area contributed by atoms with E-state index in [0.29, 0.717) is 46.2 Å². The summed E-state index contributed by atoms with van der Waals surface area (Å²) in [6.45, 7) is 2.46. The minimum Gasteiger partial charge on any atom is -0.493 e. The molecule has 0 atom stereocenters. The number of fused-ring (bicyclic) bond motifs is 1. The number of piperidine rings is 1. The van der Waals surface area contributed by atoms with Crippen LogP contribution in [-0.2, 0) is 16.1 Å². The second kappa shape index (κ2) is 13.7. The van der Waals surface area contributed by atoms with E-state index in [1.54, 1.807) is 31.5 Å². The maximum atomic E-state index is 15.0. The molecule has 9 nitrogen and oxygen atoms in total. The number of halogens is 3. The molecule has 0 saturated carbocycles. The van der Waals surface area contributed by atoms with Crippen molar-refractivity contribution in [2.75, 3.05) is 32.1 Å². The van der Waals surface area contributed by atoms with Crippen molar-refractivity contribution in [3.05, 3.63) is 83.0 Å². The first kappa shape index (κ1) is 30.0. The fourth-order valence-corrected chi connectivity index (χ4v) is 4.83. The van der Waals surface area contributed by atoms with Crippen LogP contribution < -0.4 is 30.2 Å². The molecule has 0 unspecified atom stereocenters. The number of benzene rings is 3. The van der Waals surface area contributed by atoms with Gasteiger partial charge in [0.05, 0.1) is 24.3 Å². The number of carbonyl (C=O) groups excluding carboxylic acids is 2. The van der Waals surface area contributed by atoms with Gasteiger partial charge in [0.15, 0.2) is 23.1 Å². The molecule has 2 heterocycles. The van der Waals surface area contributed by atoms with E-state index in [1.165, 1.54) is 24.3 Å². The highest BCUT2D eigenvalue weighted by Crippen LogP contribution is 2.38. The Labute approximate surface area is 251 Å². The van der Waals surface area contributed by atoms with E-state index >= 15 is 4.39 Å². The summed E-state index contributed by atoms with van der Waals surface area (Å²) in [6.07, 6.45) is 3.63. The van der Waals surface area contributed by atoms with E-state index < -0.39 is 23.4 Å². The van der Waals surface area contributed by atoms with Gasteiger partial charge in [0, 0.05) is 35.9 Å². The molecule has 1 aliphatic heterocycles. The van der Waals surface area contributed by atoms with Crippen molar-refractivity contribution in [1.29, 1.82) is 0 Å². The van der Waals surface area contributed by atoms with Crippen LogP contribution in [0.4, 0.5) is 14.5 Å². The third-order valence-electron chi connectivity index (χ3n) is 6.97. The van der Waals surface area contributed by atoms with Gasteiger partial charge in [0.2, 0.25) is 0 Å². The lowest BCUT2D eigenvalue weighted by Gasteiger charge is -2.23. The molecule has 0 radical (unpaired) electrons. The molecule has 1 aliphatic rings. The Balaban J connectivity index is 1.24. The number of hydrogen-bond donors (Lipinski definition) is 3. The molecule has 3 aromatic carbocycles. The fourth-order valence-electron chi connectivity index (χ4n) is 4.63.